The van der Waals surface area contributed by atoms with Crippen LogP contribution >= 0.6 is 0 Å². The first-order valence-electron chi connectivity index (χ1n) is 6.53. The van der Waals surface area contributed by atoms with E-state index in [1.165, 1.54) is 6.07 Å². The third-order valence-corrected chi connectivity index (χ3v) is 3.52. The van der Waals surface area contributed by atoms with E-state index >= 15 is 0 Å². The smallest absolute Gasteiger partial charge is 0.129 e. The summed E-state index contributed by atoms with van der Waals surface area (Å²) < 4.78 is 21.3. The molecule has 0 radical (unpaired) electrons. The summed E-state index contributed by atoms with van der Waals surface area (Å²) in [6.07, 6.45) is 1.91. The number of fused-ring (bicyclic) bond motifs is 1. The molecular weight excluding hydrogens is 267 g/mol. The maximum absolute atomic E-state index is 14.0. The number of methoxy groups -OCH3 is 1. The summed E-state index contributed by atoms with van der Waals surface area (Å²) in [7, 11) is 1.63. The van der Waals surface area contributed by atoms with Crippen LogP contribution in [0, 0.1) is 17.1 Å². The molecule has 0 unspecified atom stereocenters. The standard InChI is InChI=1S/C17H13FN2O/c1-21-17-4-2-3-16-14(17)7-8-20(16)11-13-6-5-12(10-19)9-15(13)18/h2-9H,11H2,1H3. The lowest BCUT2D eigenvalue weighted by Gasteiger charge is -2.08. The Morgan fingerprint density at radius 3 is 2.81 bits per heavy atom. The third-order valence-electron chi connectivity index (χ3n) is 3.52. The molecule has 2 aromatic carbocycles. The quantitative estimate of drug-likeness (QED) is 0.733. The van der Waals surface area contributed by atoms with Crippen molar-refractivity contribution in [3.05, 3.63) is 65.6 Å². The van der Waals surface area contributed by atoms with Gasteiger partial charge in [0.1, 0.15) is 11.6 Å². The van der Waals surface area contributed by atoms with Gasteiger partial charge in [0, 0.05) is 17.1 Å². The van der Waals surface area contributed by atoms with Gasteiger partial charge in [-0.2, -0.15) is 5.26 Å². The molecule has 0 fully saturated rings. The first kappa shape index (κ1) is 13.2. The van der Waals surface area contributed by atoms with Gasteiger partial charge in [-0.1, -0.05) is 12.1 Å². The second-order valence-electron chi connectivity index (χ2n) is 4.75. The maximum Gasteiger partial charge on any atom is 0.129 e. The fraction of sp³-hybridized carbons (Fsp3) is 0.118. The van der Waals surface area contributed by atoms with E-state index in [-0.39, 0.29) is 5.82 Å². The van der Waals surface area contributed by atoms with Crippen molar-refractivity contribution in [3.8, 4) is 11.8 Å². The Morgan fingerprint density at radius 1 is 1.24 bits per heavy atom. The fourth-order valence-corrected chi connectivity index (χ4v) is 2.44. The Balaban J connectivity index is 2.01. The first-order valence-corrected chi connectivity index (χ1v) is 6.53. The van der Waals surface area contributed by atoms with Gasteiger partial charge in [-0.15, -0.1) is 0 Å². The van der Waals surface area contributed by atoms with Crippen LogP contribution in [-0.2, 0) is 6.54 Å². The van der Waals surface area contributed by atoms with E-state index in [1.807, 2.05) is 41.1 Å². The van der Waals surface area contributed by atoms with E-state index in [2.05, 4.69) is 0 Å². The van der Waals surface area contributed by atoms with Crippen LogP contribution in [-0.4, -0.2) is 11.7 Å². The summed E-state index contributed by atoms with van der Waals surface area (Å²) in [4.78, 5) is 0. The van der Waals surface area contributed by atoms with Crippen LogP contribution in [0.3, 0.4) is 0 Å². The molecule has 0 N–H and O–H groups in total. The molecule has 104 valence electrons. The van der Waals surface area contributed by atoms with Crippen LogP contribution in [0.4, 0.5) is 4.39 Å². The first-order chi connectivity index (χ1) is 10.2. The van der Waals surface area contributed by atoms with Crippen LogP contribution in [0.1, 0.15) is 11.1 Å². The summed E-state index contributed by atoms with van der Waals surface area (Å²) in [5.74, 6) is 0.436. The Hall–Kier alpha value is -2.80. The predicted molar refractivity (Wildman–Crippen MR) is 78.7 cm³/mol. The number of halogens is 1. The van der Waals surface area contributed by atoms with E-state index in [1.54, 1.807) is 19.2 Å². The molecule has 0 aliphatic heterocycles. The Bertz CT molecular complexity index is 846. The van der Waals surface area contributed by atoms with Gasteiger partial charge in [0.25, 0.3) is 0 Å². The Kier molecular flexibility index (Phi) is 3.33. The number of benzene rings is 2. The average Bonchev–Trinajstić information content (AvgIpc) is 2.92. The van der Waals surface area contributed by atoms with Crippen molar-refractivity contribution in [1.82, 2.24) is 4.57 Å². The zero-order chi connectivity index (χ0) is 14.8. The van der Waals surface area contributed by atoms with Crippen molar-refractivity contribution in [2.75, 3.05) is 7.11 Å². The van der Waals surface area contributed by atoms with E-state index in [4.69, 9.17) is 10.00 Å². The molecular formula is C17H13FN2O. The van der Waals surface area contributed by atoms with Gasteiger partial charge in [0.15, 0.2) is 0 Å². The van der Waals surface area contributed by atoms with Crippen molar-refractivity contribution in [2.45, 2.75) is 6.54 Å². The lowest BCUT2D eigenvalue weighted by Crippen LogP contribution is -2.01. The molecule has 1 heterocycles. The fourth-order valence-electron chi connectivity index (χ4n) is 2.44. The van der Waals surface area contributed by atoms with E-state index < -0.39 is 0 Å². The summed E-state index contributed by atoms with van der Waals surface area (Å²) in [6, 6.07) is 14.2. The molecule has 0 aliphatic carbocycles. The molecule has 4 heteroatoms. The number of hydrogen-bond acceptors (Lipinski definition) is 2. The molecule has 0 amide bonds. The van der Waals surface area contributed by atoms with Crippen molar-refractivity contribution in [2.24, 2.45) is 0 Å². The highest BCUT2D eigenvalue weighted by Crippen LogP contribution is 2.27. The van der Waals surface area contributed by atoms with Gasteiger partial charge in [-0.3, -0.25) is 0 Å². The number of ether oxygens (including phenoxy) is 1. The van der Waals surface area contributed by atoms with Crippen LogP contribution in [0.25, 0.3) is 10.9 Å². The second kappa shape index (κ2) is 5.29. The minimum atomic E-state index is -0.362. The van der Waals surface area contributed by atoms with Gasteiger partial charge in [-0.05, 0) is 30.3 Å². The number of nitriles is 1. The molecule has 0 bridgehead atoms. The van der Waals surface area contributed by atoms with Gasteiger partial charge < -0.3 is 9.30 Å². The monoisotopic (exact) mass is 280 g/mol. The van der Waals surface area contributed by atoms with E-state index in [0.29, 0.717) is 17.7 Å². The van der Waals surface area contributed by atoms with Crippen molar-refractivity contribution < 1.29 is 9.13 Å². The number of nitrogens with zero attached hydrogens (tertiary/aromatic N) is 2. The van der Waals surface area contributed by atoms with Crippen molar-refractivity contribution in [1.29, 1.82) is 5.26 Å². The molecule has 3 rings (SSSR count). The Labute approximate surface area is 121 Å². The summed E-state index contributed by atoms with van der Waals surface area (Å²) >= 11 is 0. The largest absolute Gasteiger partial charge is 0.496 e. The van der Waals surface area contributed by atoms with Crippen LogP contribution in [0.15, 0.2) is 48.7 Å². The van der Waals surface area contributed by atoms with Crippen molar-refractivity contribution in [3.63, 3.8) is 0 Å². The second-order valence-corrected chi connectivity index (χ2v) is 4.75. The molecule has 21 heavy (non-hydrogen) atoms. The van der Waals surface area contributed by atoms with Gasteiger partial charge in [0.05, 0.1) is 30.8 Å². The van der Waals surface area contributed by atoms with Crippen molar-refractivity contribution >= 4 is 10.9 Å². The summed E-state index contributed by atoms with van der Waals surface area (Å²) in [5, 5.41) is 9.77. The molecule has 1 aromatic heterocycles. The number of aromatic nitrogens is 1. The zero-order valence-corrected chi connectivity index (χ0v) is 11.5. The highest BCUT2D eigenvalue weighted by atomic mass is 19.1. The Morgan fingerprint density at radius 2 is 2.10 bits per heavy atom. The number of hydrogen-bond donors (Lipinski definition) is 0. The maximum atomic E-state index is 14.0. The molecule has 0 atom stereocenters. The average molecular weight is 280 g/mol. The van der Waals surface area contributed by atoms with Crippen LogP contribution in [0.2, 0.25) is 0 Å². The molecule has 0 saturated heterocycles. The third kappa shape index (κ3) is 2.34. The lowest BCUT2D eigenvalue weighted by atomic mass is 10.1. The SMILES string of the molecule is COc1cccc2c1ccn2Cc1ccc(C#N)cc1F. The van der Waals surface area contributed by atoms with Gasteiger partial charge in [-0.25, -0.2) is 4.39 Å². The highest BCUT2D eigenvalue weighted by Gasteiger charge is 2.09. The van der Waals surface area contributed by atoms with E-state index in [9.17, 15) is 4.39 Å². The zero-order valence-electron chi connectivity index (χ0n) is 11.5. The molecule has 3 nitrogen and oxygen atoms in total. The van der Waals surface area contributed by atoms with Gasteiger partial charge >= 0.3 is 0 Å². The summed E-state index contributed by atoms with van der Waals surface area (Å²) in [5.41, 5.74) is 1.86. The van der Waals surface area contributed by atoms with Crippen LogP contribution < -0.4 is 4.74 Å². The molecule has 0 spiro atoms. The predicted octanol–water partition coefficient (Wildman–Crippen LogP) is 3.71. The lowest BCUT2D eigenvalue weighted by molar-refractivity contribution is 0.420. The van der Waals surface area contributed by atoms with Crippen LogP contribution in [0.5, 0.6) is 5.75 Å². The minimum Gasteiger partial charge on any atom is -0.496 e. The molecule has 0 aliphatic rings. The summed E-state index contributed by atoms with van der Waals surface area (Å²) in [6.45, 7) is 0.411. The van der Waals surface area contributed by atoms with E-state index in [0.717, 1.165) is 16.7 Å². The highest BCUT2D eigenvalue weighted by molar-refractivity contribution is 5.86. The normalized spacial score (nSPS) is 10.5. The topological polar surface area (TPSA) is 38.0 Å². The molecule has 3 aromatic rings. The molecule has 0 saturated carbocycles. The minimum absolute atomic E-state index is 0.329. The number of rotatable bonds is 3. The van der Waals surface area contributed by atoms with Gasteiger partial charge in [0.2, 0.25) is 0 Å².